The molecule has 0 bridgehead atoms. The van der Waals surface area contributed by atoms with Crippen LogP contribution in [0.3, 0.4) is 0 Å². The van der Waals surface area contributed by atoms with Crippen LogP contribution < -0.4 is 5.32 Å². The van der Waals surface area contributed by atoms with Crippen LogP contribution >= 0.6 is 0 Å². The van der Waals surface area contributed by atoms with E-state index in [1.807, 2.05) is 67.6 Å². The maximum absolute atomic E-state index is 12.5. The van der Waals surface area contributed by atoms with Crippen LogP contribution in [-0.4, -0.2) is 17.0 Å². The number of hydrogen-bond acceptors (Lipinski definition) is 2. The van der Waals surface area contributed by atoms with E-state index in [9.17, 15) is 9.59 Å². The Bertz CT molecular complexity index is 640. The maximum Gasteiger partial charge on any atom is 0.304 e. The van der Waals surface area contributed by atoms with Gasteiger partial charge in [-0.3, -0.25) is 9.59 Å². The van der Waals surface area contributed by atoms with Crippen molar-refractivity contribution >= 4 is 11.9 Å². The molecule has 0 saturated heterocycles. The van der Waals surface area contributed by atoms with Gasteiger partial charge in [0.2, 0.25) is 5.91 Å². The van der Waals surface area contributed by atoms with Gasteiger partial charge in [0, 0.05) is 6.54 Å². The monoisotopic (exact) mass is 311 g/mol. The van der Waals surface area contributed by atoms with Gasteiger partial charge in [0.1, 0.15) is 0 Å². The quantitative estimate of drug-likeness (QED) is 0.825. The Hall–Kier alpha value is -2.62. The fraction of sp³-hybridized carbons (Fsp3) is 0.263. The lowest BCUT2D eigenvalue weighted by atomic mass is 9.84. The SMILES string of the molecule is C[C@@H](c1ccccc1)[C@H](CC(=O)O)C(=O)NCc1ccccc1. The molecule has 23 heavy (non-hydrogen) atoms. The zero-order chi connectivity index (χ0) is 16.7. The summed E-state index contributed by atoms with van der Waals surface area (Å²) in [7, 11) is 0. The van der Waals surface area contributed by atoms with E-state index in [1.165, 1.54) is 0 Å². The Kier molecular flexibility index (Phi) is 5.92. The molecule has 2 atom stereocenters. The van der Waals surface area contributed by atoms with Crippen molar-refractivity contribution in [3.63, 3.8) is 0 Å². The van der Waals surface area contributed by atoms with Crippen LogP contribution in [0.15, 0.2) is 60.7 Å². The standard InChI is InChI=1S/C19H21NO3/c1-14(16-10-6-3-7-11-16)17(12-18(21)22)19(23)20-13-15-8-4-2-5-9-15/h2-11,14,17H,12-13H2,1H3,(H,20,23)(H,21,22)/t14-,17-/m0/s1. The predicted octanol–water partition coefficient (Wildman–Crippen LogP) is 3.20. The number of aliphatic carboxylic acids is 1. The first-order valence-corrected chi connectivity index (χ1v) is 7.66. The molecule has 0 saturated carbocycles. The van der Waals surface area contributed by atoms with E-state index in [-0.39, 0.29) is 18.2 Å². The Labute approximate surface area is 136 Å². The molecule has 1 amide bonds. The minimum atomic E-state index is -0.965. The molecule has 4 nitrogen and oxygen atoms in total. The number of hydrogen-bond donors (Lipinski definition) is 2. The van der Waals surface area contributed by atoms with Gasteiger partial charge < -0.3 is 10.4 Å². The summed E-state index contributed by atoms with van der Waals surface area (Å²) in [5.74, 6) is -1.96. The van der Waals surface area contributed by atoms with Crippen molar-refractivity contribution < 1.29 is 14.7 Å². The van der Waals surface area contributed by atoms with Crippen molar-refractivity contribution in [1.82, 2.24) is 5.32 Å². The second-order valence-electron chi connectivity index (χ2n) is 5.61. The maximum atomic E-state index is 12.5. The van der Waals surface area contributed by atoms with Crippen molar-refractivity contribution in [3.05, 3.63) is 71.8 Å². The van der Waals surface area contributed by atoms with Crippen LogP contribution in [0.5, 0.6) is 0 Å². The van der Waals surface area contributed by atoms with Gasteiger partial charge in [-0.1, -0.05) is 67.6 Å². The third kappa shape index (κ3) is 4.95. The van der Waals surface area contributed by atoms with Crippen molar-refractivity contribution in [2.45, 2.75) is 25.8 Å². The minimum absolute atomic E-state index is 0.164. The van der Waals surface area contributed by atoms with E-state index in [2.05, 4.69) is 5.32 Å². The van der Waals surface area contributed by atoms with Crippen LogP contribution in [0.2, 0.25) is 0 Å². The van der Waals surface area contributed by atoms with E-state index in [1.54, 1.807) is 0 Å². The van der Waals surface area contributed by atoms with Gasteiger partial charge in [0.05, 0.1) is 12.3 Å². The lowest BCUT2D eigenvalue weighted by Crippen LogP contribution is -2.34. The van der Waals surface area contributed by atoms with Crippen LogP contribution in [-0.2, 0) is 16.1 Å². The Balaban J connectivity index is 2.07. The van der Waals surface area contributed by atoms with Gasteiger partial charge >= 0.3 is 5.97 Å². The van der Waals surface area contributed by atoms with Gasteiger partial charge in [-0.15, -0.1) is 0 Å². The summed E-state index contributed by atoms with van der Waals surface area (Å²) in [4.78, 5) is 23.6. The van der Waals surface area contributed by atoms with Gasteiger partial charge in [-0.05, 0) is 17.0 Å². The van der Waals surface area contributed by atoms with Gasteiger partial charge in [0.25, 0.3) is 0 Å². The lowest BCUT2D eigenvalue weighted by molar-refractivity contribution is -0.141. The summed E-state index contributed by atoms with van der Waals surface area (Å²) < 4.78 is 0. The average Bonchev–Trinajstić information content (AvgIpc) is 2.58. The topological polar surface area (TPSA) is 66.4 Å². The first-order valence-electron chi connectivity index (χ1n) is 7.66. The molecule has 2 aromatic rings. The van der Waals surface area contributed by atoms with Crippen molar-refractivity contribution in [3.8, 4) is 0 Å². The number of amides is 1. The molecule has 0 spiro atoms. The fourth-order valence-electron chi connectivity index (χ4n) is 2.59. The highest BCUT2D eigenvalue weighted by molar-refractivity contribution is 5.84. The first kappa shape index (κ1) is 16.7. The Morgan fingerprint density at radius 1 is 1.00 bits per heavy atom. The molecule has 0 aliphatic heterocycles. The molecule has 0 unspecified atom stereocenters. The van der Waals surface area contributed by atoms with Crippen molar-refractivity contribution in [2.24, 2.45) is 5.92 Å². The van der Waals surface area contributed by atoms with E-state index in [0.29, 0.717) is 6.54 Å². The Morgan fingerprint density at radius 2 is 1.57 bits per heavy atom. The number of nitrogens with one attached hydrogen (secondary N) is 1. The van der Waals surface area contributed by atoms with Gasteiger partial charge in [-0.25, -0.2) is 0 Å². The summed E-state index contributed by atoms with van der Waals surface area (Å²) in [6.07, 6.45) is -0.184. The highest BCUT2D eigenvalue weighted by atomic mass is 16.4. The molecule has 0 heterocycles. The van der Waals surface area contributed by atoms with Crippen LogP contribution in [0.4, 0.5) is 0 Å². The first-order chi connectivity index (χ1) is 11.1. The summed E-state index contributed by atoms with van der Waals surface area (Å²) in [5, 5.41) is 12.0. The van der Waals surface area contributed by atoms with Gasteiger partial charge in [-0.2, -0.15) is 0 Å². The van der Waals surface area contributed by atoms with E-state index < -0.39 is 11.9 Å². The molecular weight excluding hydrogens is 290 g/mol. The molecule has 0 radical (unpaired) electrons. The summed E-state index contributed by atoms with van der Waals surface area (Å²) in [5.41, 5.74) is 1.95. The summed E-state index contributed by atoms with van der Waals surface area (Å²) in [6, 6.07) is 19.1. The Morgan fingerprint density at radius 3 is 2.13 bits per heavy atom. The molecule has 0 aliphatic carbocycles. The lowest BCUT2D eigenvalue weighted by Gasteiger charge is -2.22. The van der Waals surface area contributed by atoms with Crippen LogP contribution in [0.1, 0.15) is 30.4 Å². The number of rotatable bonds is 7. The van der Waals surface area contributed by atoms with Gasteiger partial charge in [0.15, 0.2) is 0 Å². The predicted molar refractivity (Wildman–Crippen MR) is 88.9 cm³/mol. The third-order valence-corrected chi connectivity index (χ3v) is 3.97. The number of carboxylic acid groups (broad SMARTS) is 1. The molecular formula is C19H21NO3. The average molecular weight is 311 g/mol. The smallest absolute Gasteiger partial charge is 0.304 e. The number of carbonyl (C=O) groups is 2. The van der Waals surface area contributed by atoms with E-state index >= 15 is 0 Å². The minimum Gasteiger partial charge on any atom is -0.481 e. The molecule has 0 fully saturated rings. The molecule has 0 aromatic heterocycles. The van der Waals surface area contributed by atoms with Crippen molar-refractivity contribution in [1.29, 1.82) is 0 Å². The van der Waals surface area contributed by atoms with E-state index in [4.69, 9.17) is 5.11 Å². The highest BCUT2D eigenvalue weighted by Gasteiger charge is 2.28. The fourth-order valence-corrected chi connectivity index (χ4v) is 2.59. The molecule has 0 aliphatic rings. The highest BCUT2D eigenvalue weighted by Crippen LogP contribution is 2.27. The second kappa shape index (κ2) is 8.13. The number of carbonyl (C=O) groups excluding carboxylic acids is 1. The molecule has 2 N–H and O–H groups in total. The summed E-state index contributed by atoms with van der Waals surface area (Å²) in [6.45, 7) is 2.29. The van der Waals surface area contributed by atoms with Crippen LogP contribution in [0.25, 0.3) is 0 Å². The molecule has 2 aromatic carbocycles. The zero-order valence-corrected chi connectivity index (χ0v) is 13.1. The zero-order valence-electron chi connectivity index (χ0n) is 13.1. The largest absolute Gasteiger partial charge is 0.481 e. The third-order valence-electron chi connectivity index (χ3n) is 3.97. The molecule has 2 rings (SSSR count). The van der Waals surface area contributed by atoms with E-state index in [0.717, 1.165) is 11.1 Å². The number of carboxylic acids is 1. The molecule has 120 valence electrons. The molecule has 4 heteroatoms. The number of benzene rings is 2. The van der Waals surface area contributed by atoms with Crippen molar-refractivity contribution in [2.75, 3.05) is 0 Å². The summed E-state index contributed by atoms with van der Waals surface area (Å²) >= 11 is 0. The normalized spacial score (nSPS) is 13.1. The second-order valence-corrected chi connectivity index (χ2v) is 5.61. The van der Waals surface area contributed by atoms with Crippen LogP contribution in [0, 0.1) is 5.92 Å².